The number of thiocarbonyl (C=S) groups is 2. The summed E-state index contributed by atoms with van der Waals surface area (Å²) < 4.78 is 2.06. The fraction of sp³-hybridized carbons (Fsp3) is 0.667. The Morgan fingerprint density at radius 3 is 1.50 bits per heavy atom. The summed E-state index contributed by atoms with van der Waals surface area (Å²) in [6.07, 6.45) is 1.92. The van der Waals surface area contributed by atoms with Gasteiger partial charge in [-0.25, -0.2) is 0 Å². The summed E-state index contributed by atoms with van der Waals surface area (Å²) >= 11 is 10.0. The molecule has 0 aromatic carbocycles. The molecule has 10 heavy (non-hydrogen) atoms. The van der Waals surface area contributed by atoms with Gasteiger partial charge in [-0.05, 0) is 34.4 Å². The Morgan fingerprint density at radius 2 is 1.30 bits per heavy atom. The SMILES string of the molecule is CCC(=S)SSC(=S)CC. The van der Waals surface area contributed by atoms with E-state index in [1.54, 1.807) is 21.6 Å². The van der Waals surface area contributed by atoms with Crippen LogP contribution in [0.2, 0.25) is 0 Å². The van der Waals surface area contributed by atoms with E-state index in [-0.39, 0.29) is 0 Å². The summed E-state index contributed by atoms with van der Waals surface area (Å²) in [6.45, 7) is 4.12. The molecule has 0 unspecified atom stereocenters. The second kappa shape index (κ2) is 6.58. The molecule has 0 nitrogen and oxygen atoms in total. The van der Waals surface area contributed by atoms with E-state index >= 15 is 0 Å². The van der Waals surface area contributed by atoms with Crippen molar-refractivity contribution in [1.82, 2.24) is 0 Å². The van der Waals surface area contributed by atoms with Crippen LogP contribution in [0.3, 0.4) is 0 Å². The van der Waals surface area contributed by atoms with Crippen molar-refractivity contribution in [1.29, 1.82) is 0 Å². The fourth-order valence-corrected chi connectivity index (χ4v) is 2.51. The van der Waals surface area contributed by atoms with Crippen molar-refractivity contribution >= 4 is 54.4 Å². The van der Waals surface area contributed by atoms with Gasteiger partial charge in [0.15, 0.2) is 0 Å². The number of rotatable bonds is 2. The van der Waals surface area contributed by atoms with Crippen LogP contribution >= 0.6 is 46.0 Å². The number of hydrogen-bond acceptors (Lipinski definition) is 4. The molecule has 0 rings (SSSR count). The molecule has 0 aliphatic rings. The maximum atomic E-state index is 5.00. The van der Waals surface area contributed by atoms with Gasteiger partial charge in [0.05, 0.1) is 8.39 Å². The molecule has 0 aliphatic heterocycles. The zero-order valence-corrected chi connectivity index (χ0v) is 9.31. The van der Waals surface area contributed by atoms with Gasteiger partial charge in [0.1, 0.15) is 0 Å². The lowest BCUT2D eigenvalue weighted by Crippen LogP contribution is -1.83. The Bertz CT molecular complexity index is 114. The first kappa shape index (κ1) is 10.9. The summed E-state index contributed by atoms with van der Waals surface area (Å²) in [4.78, 5) is 0. The molecule has 0 radical (unpaired) electrons. The molecule has 0 amide bonds. The summed E-state index contributed by atoms with van der Waals surface area (Å²) in [5, 5.41) is 0. The maximum absolute atomic E-state index is 5.00. The van der Waals surface area contributed by atoms with Gasteiger partial charge in [0, 0.05) is 0 Å². The van der Waals surface area contributed by atoms with E-state index < -0.39 is 0 Å². The first-order valence-electron chi connectivity index (χ1n) is 3.10. The average molecular weight is 210 g/mol. The van der Waals surface area contributed by atoms with Gasteiger partial charge in [0.25, 0.3) is 0 Å². The molecule has 0 saturated carbocycles. The lowest BCUT2D eigenvalue weighted by molar-refractivity contribution is 1.35. The van der Waals surface area contributed by atoms with E-state index in [0.717, 1.165) is 21.2 Å². The van der Waals surface area contributed by atoms with Crippen LogP contribution in [0.25, 0.3) is 0 Å². The Balaban J connectivity index is 3.35. The van der Waals surface area contributed by atoms with Crippen molar-refractivity contribution in [2.24, 2.45) is 0 Å². The largest absolute Gasteiger partial charge is 0.0765 e. The van der Waals surface area contributed by atoms with Crippen molar-refractivity contribution in [3.8, 4) is 0 Å². The molecule has 0 bridgehead atoms. The van der Waals surface area contributed by atoms with E-state index in [9.17, 15) is 0 Å². The van der Waals surface area contributed by atoms with Crippen LogP contribution in [0, 0.1) is 0 Å². The molecule has 0 aliphatic carbocycles. The van der Waals surface area contributed by atoms with Crippen LogP contribution in [0.5, 0.6) is 0 Å². The van der Waals surface area contributed by atoms with E-state index in [4.69, 9.17) is 24.4 Å². The Hall–Kier alpha value is 0.880. The van der Waals surface area contributed by atoms with Crippen LogP contribution in [0.4, 0.5) is 0 Å². The molecule has 0 spiro atoms. The first-order valence-corrected chi connectivity index (χ1v) is 6.07. The molecule has 0 heterocycles. The Labute approximate surface area is 80.9 Å². The third-order valence-electron chi connectivity index (χ3n) is 0.805. The van der Waals surface area contributed by atoms with Gasteiger partial charge in [-0.2, -0.15) is 0 Å². The molecule has 0 saturated heterocycles. The average Bonchev–Trinajstić information content (AvgIpc) is 1.99. The Kier molecular flexibility index (Phi) is 7.16. The second-order valence-corrected chi connectivity index (χ2v) is 5.44. The summed E-state index contributed by atoms with van der Waals surface area (Å²) in [6, 6.07) is 0. The Morgan fingerprint density at radius 1 is 1.00 bits per heavy atom. The minimum Gasteiger partial charge on any atom is -0.0765 e. The zero-order valence-electron chi connectivity index (χ0n) is 6.05. The summed E-state index contributed by atoms with van der Waals surface area (Å²) in [5.74, 6) is 0. The summed E-state index contributed by atoms with van der Waals surface area (Å²) in [7, 11) is 3.23. The lowest BCUT2D eigenvalue weighted by Gasteiger charge is -1.97. The molecule has 0 N–H and O–H groups in total. The lowest BCUT2D eigenvalue weighted by atomic mass is 10.6. The predicted octanol–water partition coefficient (Wildman–Crippen LogP) is 3.84. The van der Waals surface area contributed by atoms with Crippen molar-refractivity contribution < 1.29 is 0 Å². The molecule has 0 atom stereocenters. The van der Waals surface area contributed by atoms with Crippen LogP contribution < -0.4 is 0 Å². The normalized spacial score (nSPS) is 9.40. The molecule has 4 heteroatoms. The quantitative estimate of drug-likeness (QED) is 0.501. The summed E-state index contributed by atoms with van der Waals surface area (Å²) in [5.41, 5.74) is 0. The van der Waals surface area contributed by atoms with E-state index in [1.165, 1.54) is 0 Å². The molecule has 0 aromatic rings. The van der Waals surface area contributed by atoms with Crippen LogP contribution in [0.15, 0.2) is 0 Å². The monoisotopic (exact) mass is 210 g/mol. The van der Waals surface area contributed by atoms with Crippen LogP contribution in [0.1, 0.15) is 26.7 Å². The van der Waals surface area contributed by atoms with Crippen LogP contribution in [-0.2, 0) is 0 Å². The standard InChI is InChI=1S/C6H10S4/c1-3-5(7)9-10-6(8)4-2/h3-4H2,1-2H3. The highest BCUT2D eigenvalue weighted by Gasteiger charge is 1.97. The molecule has 0 aromatic heterocycles. The van der Waals surface area contributed by atoms with Crippen molar-refractivity contribution in [3.63, 3.8) is 0 Å². The van der Waals surface area contributed by atoms with E-state index in [2.05, 4.69) is 13.8 Å². The molecule has 58 valence electrons. The van der Waals surface area contributed by atoms with Gasteiger partial charge >= 0.3 is 0 Å². The highest BCUT2D eigenvalue weighted by Crippen LogP contribution is 2.27. The smallest absolute Gasteiger partial charge is 0.0588 e. The second-order valence-electron chi connectivity index (χ2n) is 1.62. The molecular weight excluding hydrogens is 200 g/mol. The van der Waals surface area contributed by atoms with Gasteiger partial charge in [0.2, 0.25) is 0 Å². The third kappa shape index (κ3) is 5.65. The highest BCUT2D eigenvalue weighted by molar-refractivity contribution is 8.89. The minimum atomic E-state index is 0.958. The van der Waals surface area contributed by atoms with Gasteiger partial charge in [-0.15, -0.1) is 0 Å². The van der Waals surface area contributed by atoms with Crippen molar-refractivity contribution in [2.75, 3.05) is 0 Å². The predicted molar refractivity (Wildman–Crippen MR) is 61.0 cm³/mol. The first-order chi connectivity index (χ1) is 4.70. The zero-order chi connectivity index (χ0) is 7.98. The van der Waals surface area contributed by atoms with Gasteiger partial charge in [-0.3, -0.25) is 0 Å². The number of hydrogen-bond donors (Lipinski definition) is 0. The van der Waals surface area contributed by atoms with E-state index in [0.29, 0.717) is 0 Å². The van der Waals surface area contributed by atoms with Crippen molar-refractivity contribution in [2.45, 2.75) is 26.7 Å². The third-order valence-corrected chi connectivity index (χ3v) is 5.00. The topological polar surface area (TPSA) is 0 Å². The van der Waals surface area contributed by atoms with Gasteiger partial charge in [-0.1, -0.05) is 38.3 Å². The highest BCUT2D eigenvalue weighted by atomic mass is 33.1. The van der Waals surface area contributed by atoms with Crippen molar-refractivity contribution in [3.05, 3.63) is 0 Å². The fourth-order valence-electron chi connectivity index (χ4n) is 0.211. The minimum absolute atomic E-state index is 0.958. The van der Waals surface area contributed by atoms with E-state index in [1.807, 2.05) is 0 Å². The maximum Gasteiger partial charge on any atom is 0.0588 e. The van der Waals surface area contributed by atoms with Gasteiger partial charge < -0.3 is 0 Å². The molecular formula is C6H10S4. The van der Waals surface area contributed by atoms with Crippen LogP contribution in [-0.4, -0.2) is 8.39 Å². The molecule has 0 fully saturated rings.